The molecule has 0 N–H and O–H groups in total. The third-order valence-corrected chi connectivity index (χ3v) is 2.88. The summed E-state index contributed by atoms with van der Waals surface area (Å²) in [6, 6.07) is 5.88. The molecule has 0 aliphatic heterocycles. The lowest BCUT2D eigenvalue weighted by Crippen LogP contribution is -2.04. The van der Waals surface area contributed by atoms with Gasteiger partial charge in [0, 0.05) is 18.8 Å². The Hall–Kier alpha value is -1.90. The fraction of sp³-hybridized carbons (Fsp3) is 0.286. The lowest BCUT2D eigenvalue weighted by atomic mass is 9.98. The van der Waals surface area contributed by atoms with Crippen molar-refractivity contribution >= 4 is 5.78 Å². The van der Waals surface area contributed by atoms with Gasteiger partial charge in [-0.3, -0.25) is 9.48 Å². The molecule has 2 rings (SSSR count). The van der Waals surface area contributed by atoms with Gasteiger partial charge in [0.1, 0.15) is 0 Å². The summed E-state index contributed by atoms with van der Waals surface area (Å²) in [5.74, 6) is 0.0492. The quantitative estimate of drug-likeness (QED) is 0.740. The number of benzene rings is 1. The second-order valence-corrected chi connectivity index (χ2v) is 4.45. The summed E-state index contributed by atoms with van der Waals surface area (Å²) in [7, 11) is 1.83. The molecule has 3 heteroatoms. The van der Waals surface area contributed by atoms with Gasteiger partial charge in [-0.25, -0.2) is 0 Å². The monoisotopic (exact) mass is 228 g/mol. The number of aromatic nitrogens is 2. The van der Waals surface area contributed by atoms with Gasteiger partial charge in [0.25, 0.3) is 0 Å². The van der Waals surface area contributed by atoms with Crippen LogP contribution in [-0.4, -0.2) is 15.6 Å². The van der Waals surface area contributed by atoms with Crippen molar-refractivity contribution in [1.82, 2.24) is 9.78 Å². The molecule has 0 saturated heterocycles. The van der Waals surface area contributed by atoms with Gasteiger partial charge in [0.05, 0.1) is 11.3 Å². The number of nitrogens with zero attached hydrogens (tertiary/aromatic N) is 2. The number of ketones is 1. The maximum absolute atomic E-state index is 12.4. The van der Waals surface area contributed by atoms with Crippen LogP contribution in [0.25, 0.3) is 0 Å². The van der Waals surface area contributed by atoms with Gasteiger partial charge in [0.2, 0.25) is 0 Å². The molecule has 0 fully saturated rings. The molecular weight excluding hydrogens is 212 g/mol. The lowest BCUT2D eigenvalue weighted by molar-refractivity contribution is 0.103. The molecular formula is C14H16N2O. The number of hydrogen-bond donors (Lipinski definition) is 0. The molecule has 1 aromatic carbocycles. The molecule has 0 spiro atoms. The van der Waals surface area contributed by atoms with Crippen LogP contribution in [0.15, 0.2) is 24.4 Å². The first-order valence-electron chi connectivity index (χ1n) is 5.61. The van der Waals surface area contributed by atoms with Crippen molar-refractivity contribution in [2.45, 2.75) is 20.8 Å². The summed E-state index contributed by atoms with van der Waals surface area (Å²) in [6.07, 6.45) is 1.77. The average Bonchev–Trinajstić information content (AvgIpc) is 2.57. The van der Waals surface area contributed by atoms with Crippen LogP contribution in [-0.2, 0) is 7.05 Å². The molecule has 0 unspecified atom stereocenters. The Morgan fingerprint density at radius 2 is 1.88 bits per heavy atom. The van der Waals surface area contributed by atoms with Crippen molar-refractivity contribution in [3.8, 4) is 0 Å². The Balaban J connectivity index is 2.47. The molecule has 0 bridgehead atoms. The van der Waals surface area contributed by atoms with Gasteiger partial charge in [-0.2, -0.15) is 5.10 Å². The first kappa shape index (κ1) is 11.6. The van der Waals surface area contributed by atoms with Gasteiger partial charge >= 0.3 is 0 Å². The summed E-state index contributed by atoms with van der Waals surface area (Å²) in [6.45, 7) is 5.85. The van der Waals surface area contributed by atoms with Crippen molar-refractivity contribution in [3.63, 3.8) is 0 Å². The van der Waals surface area contributed by atoms with Gasteiger partial charge in [0.15, 0.2) is 5.78 Å². The number of carbonyl (C=O) groups is 1. The normalized spacial score (nSPS) is 10.6. The van der Waals surface area contributed by atoms with E-state index >= 15 is 0 Å². The van der Waals surface area contributed by atoms with Crippen LogP contribution in [0.2, 0.25) is 0 Å². The number of rotatable bonds is 2. The van der Waals surface area contributed by atoms with Crippen molar-refractivity contribution in [2.75, 3.05) is 0 Å². The highest BCUT2D eigenvalue weighted by Crippen LogP contribution is 2.17. The van der Waals surface area contributed by atoms with Crippen LogP contribution in [0.1, 0.15) is 32.7 Å². The highest BCUT2D eigenvalue weighted by atomic mass is 16.1. The zero-order valence-electron chi connectivity index (χ0n) is 10.6. The minimum absolute atomic E-state index is 0.0492. The third kappa shape index (κ3) is 2.13. The van der Waals surface area contributed by atoms with Gasteiger partial charge < -0.3 is 0 Å². The highest BCUT2D eigenvalue weighted by molar-refractivity contribution is 6.10. The molecule has 3 nitrogen and oxygen atoms in total. The molecule has 0 radical (unpaired) electrons. The highest BCUT2D eigenvalue weighted by Gasteiger charge is 2.16. The third-order valence-electron chi connectivity index (χ3n) is 2.88. The van der Waals surface area contributed by atoms with Crippen molar-refractivity contribution in [2.24, 2.45) is 7.05 Å². The molecule has 0 amide bonds. The molecule has 0 saturated carbocycles. The van der Waals surface area contributed by atoms with E-state index in [-0.39, 0.29) is 5.78 Å². The van der Waals surface area contributed by atoms with E-state index in [0.29, 0.717) is 5.56 Å². The molecule has 2 aromatic rings. The number of hydrogen-bond acceptors (Lipinski definition) is 2. The Morgan fingerprint density at radius 3 is 2.41 bits per heavy atom. The second-order valence-electron chi connectivity index (χ2n) is 4.45. The van der Waals surface area contributed by atoms with Crippen LogP contribution in [0.3, 0.4) is 0 Å². The first-order valence-corrected chi connectivity index (χ1v) is 5.61. The minimum Gasteiger partial charge on any atom is -0.288 e. The number of carbonyl (C=O) groups excluding carboxylic acids is 1. The van der Waals surface area contributed by atoms with E-state index in [0.717, 1.165) is 16.8 Å². The Labute approximate surface area is 101 Å². The van der Waals surface area contributed by atoms with E-state index in [2.05, 4.69) is 5.10 Å². The molecule has 1 heterocycles. The lowest BCUT2D eigenvalue weighted by Gasteiger charge is -2.05. The summed E-state index contributed by atoms with van der Waals surface area (Å²) >= 11 is 0. The van der Waals surface area contributed by atoms with E-state index in [9.17, 15) is 4.79 Å². The summed E-state index contributed by atoms with van der Waals surface area (Å²) in [5, 5.41) is 4.20. The molecule has 17 heavy (non-hydrogen) atoms. The average molecular weight is 228 g/mol. The fourth-order valence-corrected chi connectivity index (χ4v) is 2.04. The molecule has 88 valence electrons. The Bertz CT molecular complexity index is 582. The smallest absolute Gasteiger partial charge is 0.196 e. The standard InChI is InChI=1S/C14H16N2O/c1-9-5-6-12(10(2)7-9)14(17)13-8-16(4)15-11(13)3/h5-8H,1-4H3. The Kier molecular flexibility index (Phi) is 2.84. The largest absolute Gasteiger partial charge is 0.288 e. The van der Waals surface area contributed by atoms with Crippen LogP contribution in [0, 0.1) is 20.8 Å². The van der Waals surface area contributed by atoms with Crippen LogP contribution < -0.4 is 0 Å². The molecule has 0 aliphatic carbocycles. The predicted molar refractivity (Wildman–Crippen MR) is 67.3 cm³/mol. The van der Waals surface area contributed by atoms with Crippen molar-refractivity contribution in [3.05, 3.63) is 52.3 Å². The summed E-state index contributed by atoms with van der Waals surface area (Å²) in [4.78, 5) is 12.4. The zero-order chi connectivity index (χ0) is 12.6. The van der Waals surface area contributed by atoms with Crippen LogP contribution in [0.5, 0.6) is 0 Å². The van der Waals surface area contributed by atoms with Gasteiger partial charge in [-0.05, 0) is 26.3 Å². The van der Waals surface area contributed by atoms with E-state index in [1.54, 1.807) is 10.9 Å². The van der Waals surface area contributed by atoms with Gasteiger partial charge in [-0.1, -0.05) is 23.8 Å². The van der Waals surface area contributed by atoms with Crippen LogP contribution >= 0.6 is 0 Å². The van der Waals surface area contributed by atoms with Gasteiger partial charge in [-0.15, -0.1) is 0 Å². The SMILES string of the molecule is Cc1ccc(C(=O)c2cn(C)nc2C)c(C)c1. The first-order chi connectivity index (χ1) is 7.99. The summed E-state index contributed by atoms with van der Waals surface area (Å²) < 4.78 is 1.67. The van der Waals surface area contributed by atoms with E-state index in [4.69, 9.17) is 0 Å². The zero-order valence-corrected chi connectivity index (χ0v) is 10.6. The van der Waals surface area contributed by atoms with E-state index in [1.165, 1.54) is 5.56 Å². The maximum Gasteiger partial charge on any atom is 0.196 e. The minimum atomic E-state index is 0.0492. The molecule has 0 atom stereocenters. The second kappa shape index (κ2) is 4.17. The molecule has 0 aliphatic rings. The fourth-order valence-electron chi connectivity index (χ4n) is 2.04. The van der Waals surface area contributed by atoms with E-state index in [1.807, 2.05) is 46.0 Å². The van der Waals surface area contributed by atoms with Crippen molar-refractivity contribution in [1.29, 1.82) is 0 Å². The van der Waals surface area contributed by atoms with Crippen LogP contribution in [0.4, 0.5) is 0 Å². The van der Waals surface area contributed by atoms with Crippen molar-refractivity contribution < 1.29 is 4.79 Å². The Morgan fingerprint density at radius 1 is 1.18 bits per heavy atom. The summed E-state index contributed by atoms with van der Waals surface area (Å²) in [5.41, 5.74) is 4.39. The maximum atomic E-state index is 12.4. The number of aryl methyl sites for hydroxylation is 4. The van der Waals surface area contributed by atoms with E-state index < -0.39 is 0 Å². The topological polar surface area (TPSA) is 34.9 Å². The predicted octanol–water partition coefficient (Wildman–Crippen LogP) is 2.58. The molecule has 1 aromatic heterocycles.